The van der Waals surface area contributed by atoms with E-state index >= 15 is 0 Å². The standard InChI is InChI=1S/C20H31NO4.C2HF3O2/c1-14-11-17(25-15(14)2)12-21-7-10-23-20-18(21)3-4-19(20)24-13-16-5-8-22-9-6-16;3-2(4,5)1(6)7/h11,16,18-20H,3-10,12-13H2,1-2H3;(H,6,7)/t18-,19+,20+;/m0./s1. The highest BCUT2D eigenvalue weighted by Gasteiger charge is 2.43. The number of rotatable bonds is 5. The van der Waals surface area contributed by atoms with E-state index in [4.69, 9.17) is 28.5 Å². The molecule has 0 spiro atoms. The maximum Gasteiger partial charge on any atom is 0.490 e. The van der Waals surface area contributed by atoms with Crippen molar-refractivity contribution in [1.82, 2.24) is 4.90 Å². The van der Waals surface area contributed by atoms with Gasteiger partial charge >= 0.3 is 12.1 Å². The monoisotopic (exact) mass is 463 g/mol. The summed E-state index contributed by atoms with van der Waals surface area (Å²) in [7, 11) is 0. The Morgan fingerprint density at radius 3 is 2.47 bits per heavy atom. The zero-order chi connectivity index (χ0) is 23.3. The number of aryl methyl sites for hydroxylation is 2. The van der Waals surface area contributed by atoms with Gasteiger partial charge in [-0.25, -0.2) is 4.79 Å². The van der Waals surface area contributed by atoms with Crippen LogP contribution in [0, 0.1) is 19.8 Å². The van der Waals surface area contributed by atoms with Crippen molar-refractivity contribution in [3.05, 3.63) is 23.2 Å². The van der Waals surface area contributed by atoms with E-state index in [0.717, 1.165) is 76.7 Å². The van der Waals surface area contributed by atoms with Gasteiger partial charge in [-0.2, -0.15) is 13.2 Å². The molecule has 4 rings (SSSR count). The minimum Gasteiger partial charge on any atom is -0.475 e. The van der Waals surface area contributed by atoms with Gasteiger partial charge in [0.2, 0.25) is 0 Å². The van der Waals surface area contributed by atoms with Gasteiger partial charge in [0.15, 0.2) is 0 Å². The van der Waals surface area contributed by atoms with E-state index in [1.807, 2.05) is 6.92 Å². The quantitative estimate of drug-likeness (QED) is 0.713. The van der Waals surface area contributed by atoms with Gasteiger partial charge in [-0.3, -0.25) is 4.90 Å². The summed E-state index contributed by atoms with van der Waals surface area (Å²) >= 11 is 0. The maximum atomic E-state index is 10.6. The number of fused-ring (bicyclic) bond motifs is 1. The van der Waals surface area contributed by atoms with E-state index in [1.54, 1.807) is 0 Å². The van der Waals surface area contributed by atoms with Crippen LogP contribution in [0.4, 0.5) is 13.2 Å². The lowest BCUT2D eigenvalue weighted by atomic mass is 10.0. The van der Waals surface area contributed by atoms with Crippen molar-refractivity contribution in [2.45, 2.75) is 70.5 Å². The fourth-order valence-electron chi connectivity index (χ4n) is 4.47. The third-order valence-electron chi connectivity index (χ3n) is 6.36. The highest BCUT2D eigenvalue weighted by molar-refractivity contribution is 5.73. The first-order valence-electron chi connectivity index (χ1n) is 11.1. The largest absolute Gasteiger partial charge is 0.490 e. The van der Waals surface area contributed by atoms with Gasteiger partial charge in [-0.1, -0.05) is 0 Å². The van der Waals surface area contributed by atoms with Gasteiger partial charge in [0.1, 0.15) is 11.5 Å². The minimum atomic E-state index is -5.08. The molecule has 0 radical (unpaired) electrons. The Morgan fingerprint density at radius 1 is 1.19 bits per heavy atom. The number of nitrogens with zero attached hydrogens (tertiary/aromatic N) is 1. The number of ether oxygens (including phenoxy) is 3. The third-order valence-corrected chi connectivity index (χ3v) is 6.36. The number of alkyl halides is 3. The Labute approximate surface area is 185 Å². The topological polar surface area (TPSA) is 81.4 Å². The van der Waals surface area contributed by atoms with Crippen molar-refractivity contribution >= 4 is 5.97 Å². The molecule has 3 heterocycles. The summed E-state index contributed by atoms with van der Waals surface area (Å²) in [5.74, 6) is 0.000176. The predicted molar refractivity (Wildman–Crippen MR) is 108 cm³/mol. The number of carbonyl (C=O) groups is 1. The van der Waals surface area contributed by atoms with Gasteiger partial charge in [0.05, 0.1) is 32.0 Å². The molecule has 3 atom stereocenters. The van der Waals surface area contributed by atoms with Crippen LogP contribution in [0.2, 0.25) is 0 Å². The van der Waals surface area contributed by atoms with Crippen molar-refractivity contribution < 1.29 is 41.7 Å². The van der Waals surface area contributed by atoms with Crippen LogP contribution in [-0.4, -0.2) is 73.4 Å². The van der Waals surface area contributed by atoms with Gasteiger partial charge in [-0.05, 0) is 57.1 Å². The smallest absolute Gasteiger partial charge is 0.475 e. The molecule has 10 heteroatoms. The molecule has 0 amide bonds. The highest BCUT2D eigenvalue weighted by atomic mass is 19.4. The molecule has 1 N–H and O–H groups in total. The summed E-state index contributed by atoms with van der Waals surface area (Å²) in [6.45, 7) is 9.43. The Balaban J connectivity index is 0.000000360. The second-order valence-electron chi connectivity index (χ2n) is 8.63. The zero-order valence-electron chi connectivity index (χ0n) is 18.5. The molecule has 1 aliphatic carbocycles. The van der Waals surface area contributed by atoms with Gasteiger partial charge in [-0.15, -0.1) is 0 Å². The first kappa shape index (κ1) is 25.0. The summed E-state index contributed by atoms with van der Waals surface area (Å²) < 4.78 is 55.5. The Hall–Kier alpha value is -1.62. The van der Waals surface area contributed by atoms with E-state index in [1.165, 1.54) is 5.56 Å². The lowest BCUT2D eigenvalue weighted by molar-refractivity contribution is -0.192. The van der Waals surface area contributed by atoms with Crippen molar-refractivity contribution in [3.8, 4) is 0 Å². The highest BCUT2D eigenvalue weighted by Crippen LogP contribution is 2.34. The minimum absolute atomic E-state index is 0.214. The average Bonchev–Trinajstić information content (AvgIpc) is 3.30. The first-order chi connectivity index (χ1) is 15.1. The normalized spacial score (nSPS) is 27.0. The molecule has 3 fully saturated rings. The summed E-state index contributed by atoms with van der Waals surface area (Å²) in [4.78, 5) is 11.4. The Morgan fingerprint density at radius 2 is 1.88 bits per heavy atom. The molecule has 0 bridgehead atoms. The van der Waals surface area contributed by atoms with E-state index in [2.05, 4.69) is 17.9 Å². The molecular formula is C22H32F3NO6. The number of carboxylic acid groups (broad SMARTS) is 1. The fourth-order valence-corrected chi connectivity index (χ4v) is 4.47. The molecule has 0 aromatic carbocycles. The second-order valence-corrected chi connectivity index (χ2v) is 8.63. The summed E-state index contributed by atoms with van der Waals surface area (Å²) in [5.41, 5.74) is 1.24. The Bertz CT molecular complexity index is 727. The van der Waals surface area contributed by atoms with Crippen LogP contribution in [0.1, 0.15) is 42.8 Å². The van der Waals surface area contributed by atoms with Crippen LogP contribution in [0.25, 0.3) is 0 Å². The van der Waals surface area contributed by atoms with Crippen molar-refractivity contribution in [2.75, 3.05) is 33.0 Å². The summed E-state index contributed by atoms with van der Waals surface area (Å²) in [6.07, 6.45) is -0.107. The number of morpholine rings is 1. The number of carboxylic acids is 1. The second kappa shape index (κ2) is 11.0. The van der Waals surface area contributed by atoms with Gasteiger partial charge < -0.3 is 23.7 Å². The number of halogens is 3. The van der Waals surface area contributed by atoms with Crippen LogP contribution < -0.4 is 0 Å². The van der Waals surface area contributed by atoms with Crippen LogP contribution >= 0.6 is 0 Å². The molecule has 7 nitrogen and oxygen atoms in total. The molecule has 3 aliphatic rings. The molecule has 0 unspecified atom stereocenters. The molecule has 2 aliphatic heterocycles. The Kier molecular flexibility index (Phi) is 8.60. The predicted octanol–water partition coefficient (Wildman–Crippen LogP) is 3.70. The lowest BCUT2D eigenvalue weighted by Crippen LogP contribution is -2.51. The molecule has 1 aromatic heterocycles. The molecular weight excluding hydrogens is 431 g/mol. The van der Waals surface area contributed by atoms with Crippen molar-refractivity contribution in [2.24, 2.45) is 5.92 Å². The maximum absolute atomic E-state index is 10.6. The number of hydrogen-bond donors (Lipinski definition) is 1. The van der Waals surface area contributed by atoms with E-state index in [0.29, 0.717) is 12.0 Å². The number of furan rings is 1. The lowest BCUT2D eigenvalue weighted by Gasteiger charge is -2.38. The van der Waals surface area contributed by atoms with E-state index in [-0.39, 0.29) is 12.2 Å². The summed E-state index contributed by atoms with van der Waals surface area (Å²) in [5, 5.41) is 7.12. The van der Waals surface area contributed by atoms with Crippen LogP contribution in [-0.2, 0) is 25.5 Å². The van der Waals surface area contributed by atoms with E-state index in [9.17, 15) is 13.2 Å². The van der Waals surface area contributed by atoms with Crippen molar-refractivity contribution in [1.29, 1.82) is 0 Å². The van der Waals surface area contributed by atoms with E-state index < -0.39 is 12.1 Å². The molecule has 1 saturated carbocycles. The molecule has 32 heavy (non-hydrogen) atoms. The van der Waals surface area contributed by atoms with Crippen LogP contribution in [0.5, 0.6) is 0 Å². The number of aliphatic carboxylic acids is 1. The van der Waals surface area contributed by atoms with Crippen molar-refractivity contribution in [3.63, 3.8) is 0 Å². The van der Waals surface area contributed by atoms with Crippen LogP contribution in [0.15, 0.2) is 10.5 Å². The third kappa shape index (κ3) is 6.69. The average molecular weight is 463 g/mol. The molecule has 1 aromatic rings. The van der Waals surface area contributed by atoms with Gasteiger partial charge in [0.25, 0.3) is 0 Å². The summed E-state index contributed by atoms with van der Waals surface area (Å²) in [6, 6.07) is 2.63. The first-order valence-corrected chi connectivity index (χ1v) is 11.1. The van der Waals surface area contributed by atoms with Gasteiger partial charge in [0, 0.05) is 25.8 Å². The SMILES string of the molecule is Cc1cc(CN2CCO[C@H]3[C@H](OCC4CCOCC4)CC[C@@H]32)oc1C.O=C(O)C(F)(F)F. The zero-order valence-corrected chi connectivity index (χ0v) is 18.5. The fraction of sp³-hybridized carbons (Fsp3) is 0.773. The van der Waals surface area contributed by atoms with Crippen LogP contribution in [0.3, 0.4) is 0 Å². The molecule has 2 saturated heterocycles. The molecule has 182 valence electrons. The number of hydrogen-bond acceptors (Lipinski definition) is 6.